The fourth-order valence-electron chi connectivity index (χ4n) is 7.74. The lowest BCUT2D eigenvalue weighted by Crippen LogP contribution is -2.15. The molecule has 0 amide bonds. The van der Waals surface area contributed by atoms with Crippen molar-refractivity contribution >= 4 is 71.7 Å². The number of fused-ring (bicyclic) bond motifs is 10. The minimum absolute atomic E-state index is 0.0563. The van der Waals surface area contributed by atoms with Crippen LogP contribution in [-0.4, -0.2) is 0 Å². The summed E-state index contributed by atoms with van der Waals surface area (Å²) in [7, 11) is 0. The predicted molar refractivity (Wildman–Crippen MR) is 191 cm³/mol. The molecule has 3 heteroatoms. The average Bonchev–Trinajstić information content (AvgIpc) is 3.70. The summed E-state index contributed by atoms with van der Waals surface area (Å²) in [5.74, 6) is 0. The molecule has 9 aromatic rings. The van der Waals surface area contributed by atoms with Crippen LogP contribution in [0.4, 0.5) is 17.1 Å². The molecule has 46 heavy (non-hydrogen) atoms. The molecule has 0 radical (unpaired) electrons. The average molecular weight is 592 g/mol. The Labute approximate surface area is 265 Å². The number of benzene rings is 7. The Bertz CT molecular complexity index is 2690. The van der Waals surface area contributed by atoms with E-state index in [1.165, 1.54) is 33.0 Å². The lowest BCUT2D eigenvalue weighted by Gasteiger charge is -2.27. The number of para-hydroxylation sites is 1. The molecule has 2 heterocycles. The molecule has 0 fully saturated rings. The summed E-state index contributed by atoms with van der Waals surface area (Å²) in [6.45, 7) is 4.65. The molecule has 0 atom stereocenters. The van der Waals surface area contributed by atoms with Gasteiger partial charge in [0.15, 0.2) is 0 Å². The van der Waals surface area contributed by atoms with E-state index < -0.39 is 0 Å². The molecule has 7 aromatic carbocycles. The standard InChI is InChI=1S/C43H29NO2/c1-43(2)37-13-7-5-11-31(37)35-23-28(17-20-38(35)43)44(29-15-18-33-32-12-6-8-14-39(32)45-41(33)24-29)30-16-19-34-36-21-26-9-3-4-10-27(26)22-40(36)46-42(34)25-30/h3-25H,1-2H3. The van der Waals surface area contributed by atoms with Crippen molar-refractivity contribution in [1.82, 2.24) is 0 Å². The molecule has 0 unspecified atom stereocenters. The molecule has 0 N–H and O–H groups in total. The van der Waals surface area contributed by atoms with Crippen molar-refractivity contribution in [2.45, 2.75) is 19.3 Å². The van der Waals surface area contributed by atoms with Gasteiger partial charge in [0.25, 0.3) is 0 Å². The number of furan rings is 2. The highest BCUT2D eigenvalue weighted by Crippen LogP contribution is 2.51. The van der Waals surface area contributed by atoms with E-state index in [1.807, 2.05) is 12.1 Å². The molecular weight excluding hydrogens is 562 g/mol. The van der Waals surface area contributed by atoms with Crippen molar-refractivity contribution in [3.8, 4) is 11.1 Å². The molecular formula is C43H29NO2. The lowest BCUT2D eigenvalue weighted by atomic mass is 9.82. The van der Waals surface area contributed by atoms with Crippen LogP contribution in [0.3, 0.4) is 0 Å². The van der Waals surface area contributed by atoms with Crippen LogP contribution in [0.25, 0.3) is 65.8 Å². The highest BCUT2D eigenvalue weighted by Gasteiger charge is 2.35. The maximum atomic E-state index is 6.54. The zero-order chi connectivity index (χ0) is 30.6. The van der Waals surface area contributed by atoms with Crippen molar-refractivity contribution < 1.29 is 8.83 Å². The van der Waals surface area contributed by atoms with E-state index in [0.29, 0.717) is 0 Å². The first-order chi connectivity index (χ1) is 22.5. The smallest absolute Gasteiger partial charge is 0.137 e. The molecule has 0 saturated carbocycles. The highest BCUT2D eigenvalue weighted by atomic mass is 16.3. The molecule has 218 valence electrons. The van der Waals surface area contributed by atoms with Gasteiger partial charge in [0.1, 0.15) is 22.3 Å². The lowest BCUT2D eigenvalue weighted by molar-refractivity contribution is 0.660. The Morgan fingerprint density at radius 2 is 0.957 bits per heavy atom. The van der Waals surface area contributed by atoms with Crippen LogP contribution in [0.2, 0.25) is 0 Å². The molecule has 0 saturated heterocycles. The zero-order valence-electron chi connectivity index (χ0n) is 25.5. The number of hydrogen-bond donors (Lipinski definition) is 0. The highest BCUT2D eigenvalue weighted by molar-refractivity contribution is 6.11. The van der Waals surface area contributed by atoms with Crippen LogP contribution < -0.4 is 4.90 Å². The van der Waals surface area contributed by atoms with Gasteiger partial charge in [-0.2, -0.15) is 0 Å². The Morgan fingerprint density at radius 3 is 1.76 bits per heavy atom. The molecule has 3 nitrogen and oxygen atoms in total. The summed E-state index contributed by atoms with van der Waals surface area (Å²) in [5, 5.41) is 6.88. The zero-order valence-corrected chi connectivity index (χ0v) is 25.5. The Balaban J connectivity index is 1.20. The van der Waals surface area contributed by atoms with Crippen molar-refractivity contribution in [2.24, 2.45) is 0 Å². The minimum Gasteiger partial charge on any atom is -0.456 e. The topological polar surface area (TPSA) is 29.5 Å². The largest absolute Gasteiger partial charge is 0.456 e. The fraction of sp³-hybridized carbons (Fsp3) is 0.0698. The minimum atomic E-state index is -0.0563. The van der Waals surface area contributed by atoms with Gasteiger partial charge in [-0.15, -0.1) is 0 Å². The van der Waals surface area contributed by atoms with E-state index in [9.17, 15) is 0 Å². The Morgan fingerprint density at radius 1 is 0.413 bits per heavy atom. The van der Waals surface area contributed by atoms with Gasteiger partial charge in [-0.25, -0.2) is 0 Å². The van der Waals surface area contributed by atoms with Gasteiger partial charge in [0, 0.05) is 56.2 Å². The third-order valence-electron chi connectivity index (χ3n) is 10.0. The van der Waals surface area contributed by atoms with Crippen LogP contribution in [0.5, 0.6) is 0 Å². The van der Waals surface area contributed by atoms with E-state index in [4.69, 9.17) is 8.83 Å². The third kappa shape index (κ3) is 3.54. The molecule has 2 aromatic heterocycles. The van der Waals surface area contributed by atoms with E-state index in [0.717, 1.165) is 60.9 Å². The Kier molecular flexibility index (Phi) is 5.06. The van der Waals surface area contributed by atoms with Gasteiger partial charge in [0.05, 0.1) is 0 Å². The molecule has 1 aliphatic rings. The molecule has 1 aliphatic carbocycles. The second kappa shape index (κ2) is 9.12. The van der Waals surface area contributed by atoms with Crippen molar-refractivity contribution in [2.75, 3.05) is 4.90 Å². The second-order valence-corrected chi connectivity index (χ2v) is 13.0. The summed E-state index contributed by atoms with van der Waals surface area (Å²) in [4.78, 5) is 2.32. The van der Waals surface area contributed by atoms with Crippen LogP contribution in [0.1, 0.15) is 25.0 Å². The first-order valence-electron chi connectivity index (χ1n) is 15.8. The van der Waals surface area contributed by atoms with E-state index in [-0.39, 0.29) is 5.41 Å². The normalized spacial score (nSPS) is 13.6. The summed E-state index contributed by atoms with van der Waals surface area (Å²) in [6, 6.07) is 49.9. The molecule has 0 bridgehead atoms. The van der Waals surface area contributed by atoms with Gasteiger partial charge in [-0.1, -0.05) is 86.6 Å². The van der Waals surface area contributed by atoms with E-state index in [1.54, 1.807) is 0 Å². The molecule has 0 spiro atoms. The van der Waals surface area contributed by atoms with Crippen LogP contribution >= 0.6 is 0 Å². The second-order valence-electron chi connectivity index (χ2n) is 13.0. The van der Waals surface area contributed by atoms with Crippen molar-refractivity contribution in [1.29, 1.82) is 0 Å². The van der Waals surface area contributed by atoms with Crippen molar-refractivity contribution in [3.05, 3.63) is 151 Å². The van der Waals surface area contributed by atoms with Crippen molar-refractivity contribution in [3.63, 3.8) is 0 Å². The van der Waals surface area contributed by atoms with Crippen LogP contribution in [0.15, 0.2) is 148 Å². The first-order valence-corrected chi connectivity index (χ1v) is 15.8. The number of rotatable bonds is 3. The number of anilines is 3. The fourth-order valence-corrected chi connectivity index (χ4v) is 7.74. The summed E-state index contributed by atoms with van der Waals surface area (Å²) in [6.07, 6.45) is 0. The SMILES string of the molecule is CC1(C)c2ccccc2-c2cc(N(c3ccc4c(c3)oc3ccccc34)c3ccc4c(c3)oc3cc5ccccc5cc34)ccc21. The summed E-state index contributed by atoms with van der Waals surface area (Å²) < 4.78 is 12.9. The first kappa shape index (κ1) is 25.5. The summed E-state index contributed by atoms with van der Waals surface area (Å²) >= 11 is 0. The summed E-state index contributed by atoms with van der Waals surface area (Å²) in [5.41, 5.74) is 11.9. The van der Waals surface area contributed by atoms with Gasteiger partial charge in [-0.05, 0) is 87.6 Å². The number of hydrogen-bond acceptors (Lipinski definition) is 3. The van der Waals surface area contributed by atoms with E-state index in [2.05, 4.69) is 146 Å². The monoisotopic (exact) mass is 591 g/mol. The number of nitrogens with zero attached hydrogens (tertiary/aromatic N) is 1. The third-order valence-corrected chi connectivity index (χ3v) is 10.0. The van der Waals surface area contributed by atoms with Gasteiger partial charge in [-0.3, -0.25) is 0 Å². The van der Waals surface area contributed by atoms with Gasteiger partial charge >= 0.3 is 0 Å². The van der Waals surface area contributed by atoms with Gasteiger partial charge < -0.3 is 13.7 Å². The van der Waals surface area contributed by atoms with Crippen LogP contribution in [-0.2, 0) is 5.41 Å². The predicted octanol–water partition coefficient (Wildman–Crippen LogP) is 12.4. The van der Waals surface area contributed by atoms with E-state index >= 15 is 0 Å². The quantitative estimate of drug-likeness (QED) is 0.205. The van der Waals surface area contributed by atoms with Crippen LogP contribution in [0, 0.1) is 0 Å². The molecule has 10 rings (SSSR count). The van der Waals surface area contributed by atoms with Gasteiger partial charge in [0.2, 0.25) is 0 Å². The molecule has 0 aliphatic heterocycles. The Hall–Kier alpha value is -5.80. The maximum absolute atomic E-state index is 6.54. The maximum Gasteiger partial charge on any atom is 0.137 e.